The van der Waals surface area contributed by atoms with Crippen LogP contribution in [0.5, 0.6) is 5.75 Å². The predicted octanol–water partition coefficient (Wildman–Crippen LogP) is 3.40. The molecule has 0 heterocycles. The largest absolute Gasteiger partial charge is 0.573 e. The Morgan fingerprint density at radius 1 is 1.35 bits per heavy atom. The Bertz CT molecular complexity index is 477. The molecule has 1 aliphatic rings. The van der Waals surface area contributed by atoms with Crippen LogP contribution >= 0.6 is 11.6 Å². The number of ether oxygens (including phenoxy) is 1. The Labute approximate surface area is 119 Å². The van der Waals surface area contributed by atoms with Gasteiger partial charge in [0.05, 0.1) is 17.2 Å². The number of hydrogen-bond donors (Lipinski definition) is 2. The maximum Gasteiger partial charge on any atom is 0.573 e. The maximum atomic E-state index is 12.1. The van der Waals surface area contributed by atoms with E-state index in [2.05, 4.69) is 4.74 Å². The second-order valence-corrected chi connectivity index (χ2v) is 5.35. The van der Waals surface area contributed by atoms with Crippen molar-refractivity contribution >= 4 is 11.6 Å². The molecule has 1 aliphatic carbocycles. The lowest BCUT2D eigenvalue weighted by Gasteiger charge is -2.33. The lowest BCUT2D eigenvalue weighted by molar-refractivity contribution is -0.274. The molecule has 2 atom stereocenters. The van der Waals surface area contributed by atoms with Crippen LogP contribution in [0.4, 0.5) is 13.2 Å². The van der Waals surface area contributed by atoms with Gasteiger partial charge in [0.1, 0.15) is 5.75 Å². The minimum Gasteiger partial charge on any atom is -0.404 e. The summed E-state index contributed by atoms with van der Waals surface area (Å²) < 4.78 is 40.1. The molecule has 1 aromatic carbocycles. The van der Waals surface area contributed by atoms with Gasteiger partial charge in [-0.25, -0.2) is 0 Å². The molecular weight excluding hydrogens is 295 g/mol. The summed E-state index contributed by atoms with van der Waals surface area (Å²) in [5, 5.41) is 9.87. The van der Waals surface area contributed by atoms with Crippen molar-refractivity contribution < 1.29 is 23.0 Å². The lowest BCUT2D eigenvalue weighted by Crippen LogP contribution is -2.36. The van der Waals surface area contributed by atoms with E-state index < -0.39 is 24.3 Å². The summed E-state index contributed by atoms with van der Waals surface area (Å²) in [6.45, 7) is 0. The van der Waals surface area contributed by atoms with Gasteiger partial charge in [0.15, 0.2) is 0 Å². The Morgan fingerprint density at radius 3 is 2.45 bits per heavy atom. The summed E-state index contributed by atoms with van der Waals surface area (Å²) in [6.07, 6.45) is -2.61. The molecule has 0 saturated heterocycles. The summed E-state index contributed by atoms with van der Waals surface area (Å²) in [7, 11) is 0. The molecule has 0 aliphatic heterocycles. The van der Waals surface area contributed by atoms with Gasteiger partial charge in [-0.2, -0.15) is 0 Å². The van der Waals surface area contributed by atoms with Gasteiger partial charge in [0.25, 0.3) is 0 Å². The van der Waals surface area contributed by atoms with Crippen LogP contribution < -0.4 is 10.5 Å². The van der Waals surface area contributed by atoms with E-state index in [4.69, 9.17) is 17.3 Å². The number of aliphatic hydroxyl groups excluding tert-OH is 1. The van der Waals surface area contributed by atoms with E-state index in [1.165, 1.54) is 12.1 Å². The highest BCUT2D eigenvalue weighted by molar-refractivity contribution is 6.32. The van der Waals surface area contributed by atoms with Crippen molar-refractivity contribution in [3.8, 4) is 5.75 Å². The number of hydrogen-bond acceptors (Lipinski definition) is 3. The normalized spacial score (nSPS) is 19.3. The molecule has 3 N–H and O–H groups in total. The van der Waals surface area contributed by atoms with E-state index in [0.717, 1.165) is 25.3 Å². The van der Waals surface area contributed by atoms with Crippen LogP contribution in [-0.4, -0.2) is 17.6 Å². The minimum atomic E-state index is -4.79. The molecule has 0 amide bonds. The second-order valence-electron chi connectivity index (χ2n) is 4.95. The Balaban J connectivity index is 2.11. The van der Waals surface area contributed by atoms with E-state index >= 15 is 0 Å². The first-order valence-corrected chi connectivity index (χ1v) is 6.64. The SMILES string of the molecule is N[C@@H](c1ccc(OC(F)(F)F)c(Cl)c1)[C@H](O)C1CCC1. The second kappa shape index (κ2) is 5.79. The monoisotopic (exact) mass is 309 g/mol. The summed E-state index contributed by atoms with van der Waals surface area (Å²) in [5.41, 5.74) is 6.41. The molecule has 2 rings (SSSR count). The van der Waals surface area contributed by atoms with Crippen LogP contribution in [-0.2, 0) is 0 Å². The van der Waals surface area contributed by atoms with Crippen molar-refractivity contribution in [1.29, 1.82) is 0 Å². The standard InChI is InChI=1S/C13H15ClF3NO2/c14-9-6-8(4-5-10(9)20-13(15,16)17)11(18)12(19)7-2-1-3-7/h4-7,11-12,19H,1-3,18H2/t11-,12+/m0/s1. The Hall–Kier alpha value is -0.980. The molecule has 0 unspecified atom stereocenters. The Morgan fingerprint density at radius 2 is 2.00 bits per heavy atom. The van der Waals surface area contributed by atoms with Gasteiger partial charge in [-0.15, -0.1) is 13.2 Å². The summed E-state index contributed by atoms with van der Waals surface area (Å²) in [4.78, 5) is 0. The third-order valence-corrected chi connectivity index (χ3v) is 3.86. The van der Waals surface area contributed by atoms with Crippen molar-refractivity contribution in [2.45, 2.75) is 37.8 Å². The minimum absolute atomic E-state index is 0.148. The third kappa shape index (κ3) is 3.56. The van der Waals surface area contributed by atoms with Gasteiger partial charge in [0, 0.05) is 0 Å². The van der Waals surface area contributed by atoms with Crippen LogP contribution in [0.3, 0.4) is 0 Å². The van der Waals surface area contributed by atoms with E-state index in [0.29, 0.717) is 5.56 Å². The first-order chi connectivity index (χ1) is 9.28. The fourth-order valence-corrected chi connectivity index (χ4v) is 2.43. The molecule has 1 saturated carbocycles. The molecule has 1 aromatic rings. The average Bonchev–Trinajstić information content (AvgIpc) is 2.27. The zero-order valence-corrected chi connectivity index (χ0v) is 11.3. The number of alkyl halides is 3. The zero-order valence-electron chi connectivity index (χ0n) is 10.5. The fourth-order valence-electron chi connectivity index (χ4n) is 2.20. The van der Waals surface area contributed by atoms with Crippen LogP contribution in [0.25, 0.3) is 0 Å². The summed E-state index contributed by atoms with van der Waals surface area (Å²) in [5.74, 6) is -0.330. The molecule has 7 heteroatoms. The summed E-state index contributed by atoms with van der Waals surface area (Å²) >= 11 is 5.75. The van der Waals surface area contributed by atoms with E-state index in [9.17, 15) is 18.3 Å². The van der Waals surface area contributed by atoms with E-state index in [1.807, 2.05) is 0 Å². The van der Waals surface area contributed by atoms with Crippen molar-refractivity contribution in [1.82, 2.24) is 0 Å². The van der Waals surface area contributed by atoms with Gasteiger partial charge >= 0.3 is 6.36 Å². The molecule has 112 valence electrons. The molecule has 0 radical (unpaired) electrons. The van der Waals surface area contributed by atoms with Crippen molar-refractivity contribution in [3.05, 3.63) is 28.8 Å². The topological polar surface area (TPSA) is 55.5 Å². The quantitative estimate of drug-likeness (QED) is 0.896. The number of benzene rings is 1. The Kier molecular flexibility index (Phi) is 4.46. The molecule has 1 fully saturated rings. The summed E-state index contributed by atoms with van der Waals surface area (Å²) in [6, 6.07) is 3.13. The smallest absolute Gasteiger partial charge is 0.404 e. The van der Waals surface area contributed by atoms with Crippen molar-refractivity contribution in [3.63, 3.8) is 0 Å². The molecular formula is C13H15ClF3NO2. The molecule has 0 spiro atoms. The highest BCUT2D eigenvalue weighted by atomic mass is 35.5. The van der Waals surface area contributed by atoms with Gasteiger partial charge < -0.3 is 15.6 Å². The number of rotatable bonds is 4. The number of aliphatic hydroxyl groups is 1. The number of nitrogens with two attached hydrogens (primary N) is 1. The van der Waals surface area contributed by atoms with E-state index in [-0.39, 0.29) is 10.9 Å². The lowest BCUT2D eigenvalue weighted by atomic mass is 9.77. The highest BCUT2D eigenvalue weighted by Crippen LogP contribution is 2.36. The van der Waals surface area contributed by atoms with Gasteiger partial charge in [-0.05, 0) is 36.5 Å². The zero-order chi connectivity index (χ0) is 14.9. The van der Waals surface area contributed by atoms with Gasteiger partial charge in [-0.1, -0.05) is 24.1 Å². The average molecular weight is 310 g/mol. The molecule has 20 heavy (non-hydrogen) atoms. The van der Waals surface area contributed by atoms with Crippen LogP contribution in [0, 0.1) is 5.92 Å². The van der Waals surface area contributed by atoms with Crippen LogP contribution in [0.2, 0.25) is 5.02 Å². The third-order valence-electron chi connectivity index (χ3n) is 3.57. The predicted molar refractivity (Wildman–Crippen MR) is 68.4 cm³/mol. The maximum absolute atomic E-state index is 12.1. The molecule has 0 bridgehead atoms. The highest BCUT2D eigenvalue weighted by Gasteiger charge is 2.33. The van der Waals surface area contributed by atoms with Gasteiger partial charge in [0.2, 0.25) is 0 Å². The molecule has 3 nitrogen and oxygen atoms in total. The molecule has 0 aromatic heterocycles. The first kappa shape index (κ1) is 15.4. The van der Waals surface area contributed by atoms with Crippen LogP contribution in [0.1, 0.15) is 30.9 Å². The van der Waals surface area contributed by atoms with Crippen molar-refractivity contribution in [2.75, 3.05) is 0 Å². The first-order valence-electron chi connectivity index (χ1n) is 6.27. The van der Waals surface area contributed by atoms with Crippen molar-refractivity contribution in [2.24, 2.45) is 11.7 Å². The van der Waals surface area contributed by atoms with E-state index in [1.54, 1.807) is 0 Å². The van der Waals surface area contributed by atoms with Gasteiger partial charge in [-0.3, -0.25) is 0 Å². The fraction of sp³-hybridized carbons (Fsp3) is 0.538. The number of halogens is 4. The van der Waals surface area contributed by atoms with Crippen LogP contribution in [0.15, 0.2) is 18.2 Å².